The molecule has 0 radical (unpaired) electrons. The van der Waals surface area contributed by atoms with Crippen LogP contribution in [0.4, 0.5) is 0 Å². The van der Waals surface area contributed by atoms with Gasteiger partial charge in [-0.25, -0.2) is 4.98 Å². The highest BCUT2D eigenvalue weighted by atomic mass is 16.3. The van der Waals surface area contributed by atoms with Gasteiger partial charge >= 0.3 is 0 Å². The summed E-state index contributed by atoms with van der Waals surface area (Å²) in [5.41, 5.74) is 0. The van der Waals surface area contributed by atoms with Crippen LogP contribution in [0.25, 0.3) is 0 Å². The minimum atomic E-state index is -0.185. The molecule has 1 aliphatic rings. The molecule has 1 fully saturated rings. The van der Waals surface area contributed by atoms with Crippen LogP contribution >= 0.6 is 0 Å². The lowest BCUT2D eigenvalue weighted by molar-refractivity contribution is 0.0919. The second kappa shape index (κ2) is 5.46. The van der Waals surface area contributed by atoms with E-state index >= 15 is 0 Å². The number of hydrogen-bond acceptors (Lipinski definition) is 3. The van der Waals surface area contributed by atoms with E-state index in [1.807, 2.05) is 19.3 Å². The molecule has 0 saturated carbocycles. The zero-order valence-electron chi connectivity index (χ0n) is 9.89. The largest absolute Gasteiger partial charge is 0.392 e. The van der Waals surface area contributed by atoms with Crippen molar-refractivity contribution in [2.24, 2.45) is 0 Å². The number of aliphatic hydroxyl groups is 1. The van der Waals surface area contributed by atoms with E-state index in [1.54, 1.807) is 0 Å². The Morgan fingerprint density at radius 3 is 3.25 bits per heavy atom. The van der Waals surface area contributed by atoms with Gasteiger partial charge in [-0.05, 0) is 25.8 Å². The minimum Gasteiger partial charge on any atom is -0.392 e. The van der Waals surface area contributed by atoms with E-state index in [2.05, 4.69) is 14.9 Å². The van der Waals surface area contributed by atoms with Crippen LogP contribution in [-0.2, 0) is 0 Å². The third kappa shape index (κ3) is 2.83. The number of piperidine rings is 1. The van der Waals surface area contributed by atoms with Gasteiger partial charge in [-0.1, -0.05) is 6.92 Å². The third-order valence-electron chi connectivity index (χ3n) is 3.35. The van der Waals surface area contributed by atoms with Gasteiger partial charge in [0.05, 0.1) is 6.10 Å². The first-order valence-corrected chi connectivity index (χ1v) is 6.19. The van der Waals surface area contributed by atoms with Crippen molar-refractivity contribution in [2.45, 2.75) is 38.2 Å². The van der Waals surface area contributed by atoms with E-state index in [0.717, 1.165) is 31.9 Å². The Hall–Kier alpha value is -0.870. The van der Waals surface area contributed by atoms with Crippen molar-refractivity contribution in [1.82, 2.24) is 14.9 Å². The first-order chi connectivity index (χ1) is 7.79. The number of aromatic nitrogens is 2. The summed E-state index contributed by atoms with van der Waals surface area (Å²) in [5.74, 6) is 1.60. The van der Waals surface area contributed by atoms with Crippen molar-refractivity contribution in [1.29, 1.82) is 0 Å². The molecule has 1 aromatic rings. The summed E-state index contributed by atoms with van der Waals surface area (Å²) >= 11 is 0. The third-order valence-corrected chi connectivity index (χ3v) is 3.35. The highest BCUT2D eigenvalue weighted by molar-refractivity contribution is 4.99. The Morgan fingerprint density at radius 2 is 2.56 bits per heavy atom. The molecule has 1 saturated heterocycles. The molecule has 0 aliphatic carbocycles. The molecule has 90 valence electrons. The van der Waals surface area contributed by atoms with E-state index in [4.69, 9.17) is 0 Å². The summed E-state index contributed by atoms with van der Waals surface area (Å²) in [7, 11) is 0. The van der Waals surface area contributed by atoms with Crippen LogP contribution in [0.3, 0.4) is 0 Å². The topological polar surface area (TPSA) is 52.1 Å². The molecule has 0 spiro atoms. The fourth-order valence-corrected chi connectivity index (χ4v) is 2.37. The van der Waals surface area contributed by atoms with Gasteiger partial charge in [0, 0.05) is 31.4 Å². The average Bonchev–Trinajstić information content (AvgIpc) is 2.83. The molecule has 0 aromatic carbocycles. The summed E-state index contributed by atoms with van der Waals surface area (Å²) in [4.78, 5) is 9.88. The Bertz CT molecular complexity index is 299. The number of likely N-dealkylation sites (tertiary alicyclic amines) is 1. The maximum Gasteiger partial charge on any atom is 0.110 e. The van der Waals surface area contributed by atoms with Gasteiger partial charge in [0.25, 0.3) is 0 Å². The van der Waals surface area contributed by atoms with E-state index < -0.39 is 0 Å². The molecular formula is C12H21N3O. The zero-order chi connectivity index (χ0) is 11.4. The van der Waals surface area contributed by atoms with Gasteiger partial charge in [0.15, 0.2) is 0 Å². The molecule has 1 aromatic heterocycles. The summed E-state index contributed by atoms with van der Waals surface area (Å²) in [5, 5.41) is 9.66. The predicted molar refractivity (Wildman–Crippen MR) is 63.3 cm³/mol. The maximum atomic E-state index is 9.66. The quantitative estimate of drug-likeness (QED) is 0.810. The van der Waals surface area contributed by atoms with Crippen LogP contribution < -0.4 is 0 Å². The number of rotatable bonds is 4. The molecule has 4 nitrogen and oxygen atoms in total. The van der Waals surface area contributed by atoms with Crippen LogP contribution in [0.2, 0.25) is 0 Å². The monoisotopic (exact) mass is 223 g/mol. The van der Waals surface area contributed by atoms with Gasteiger partial charge in [-0.3, -0.25) is 0 Å². The van der Waals surface area contributed by atoms with E-state index in [9.17, 15) is 5.11 Å². The summed E-state index contributed by atoms with van der Waals surface area (Å²) in [6.45, 7) is 4.95. The number of H-pyrrole nitrogens is 1. The molecule has 2 heterocycles. The van der Waals surface area contributed by atoms with Crippen molar-refractivity contribution in [3.63, 3.8) is 0 Å². The highest BCUT2D eigenvalue weighted by Gasteiger charge is 2.23. The number of hydrogen-bond donors (Lipinski definition) is 2. The number of nitrogens with zero attached hydrogens (tertiary/aromatic N) is 2. The van der Waals surface area contributed by atoms with Crippen molar-refractivity contribution in [3.8, 4) is 0 Å². The van der Waals surface area contributed by atoms with Crippen molar-refractivity contribution in [2.75, 3.05) is 19.6 Å². The van der Waals surface area contributed by atoms with E-state index in [1.165, 1.54) is 12.8 Å². The van der Waals surface area contributed by atoms with Crippen LogP contribution in [0.1, 0.15) is 37.9 Å². The van der Waals surface area contributed by atoms with Gasteiger partial charge in [-0.15, -0.1) is 0 Å². The van der Waals surface area contributed by atoms with Crippen LogP contribution in [-0.4, -0.2) is 45.7 Å². The summed E-state index contributed by atoms with van der Waals surface area (Å²) in [6, 6.07) is 0. The van der Waals surface area contributed by atoms with Gasteiger partial charge in [-0.2, -0.15) is 0 Å². The molecule has 2 N–H and O–H groups in total. The van der Waals surface area contributed by atoms with Gasteiger partial charge in [0.2, 0.25) is 0 Å². The van der Waals surface area contributed by atoms with Gasteiger partial charge in [0.1, 0.15) is 5.82 Å². The van der Waals surface area contributed by atoms with Crippen molar-refractivity contribution < 1.29 is 5.11 Å². The second-order valence-corrected chi connectivity index (χ2v) is 4.64. The Balaban J connectivity index is 1.89. The van der Waals surface area contributed by atoms with Crippen LogP contribution in [0.15, 0.2) is 12.4 Å². The molecule has 16 heavy (non-hydrogen) atoms. The number of imidazole rings is 1. The van der Waals surface area contributed by atoms with E-state index in [-0.39, 0.29) is 6.10 Å². The Labute approximate surface area is 96.7 Å². The lowest BCUT2D eigenvalue weighted by atomic mass is 9.97. The number of aliphatic hydroxyl groups excluding tert-OH is 1. The van der Waals surface area contributed by atoms with Gasteiger partial charge < -0.3 is 15.0 Å². The molecule has 2 rings (SSSR count). The highest BCUT2D eigenvalue weighted by Crippen LogP contribution is 2.24. The first-order valence-electron chi connectivity index (χ1n) is 6.19. The maximum absolute atomic E-state index is 9.66. The molecule has 2 atom stereocenters. The Kier molecular flexibility index (Phi) is 3.96. The lowest BCUT2D eigenvalue weighted by Crippen LogP contribution is -2.39. The lowest BCUT2D eigenvalue weighted by Gasteiger charge is -2.32. The fraction of sp³-hybridized carbons (Fsp3) is 0.750. The van der Waals surface area contributed by atoms with E-state index in [0.29, 0.717) is 5.92 Å². The molecular weight excluding hydrogens is 202 g/mol. The average molecular weight is 223 g/mol. The van der Waals surface area contributed by atoms with Crippen molar-refractivity contribution in [3.05, 3.63) is 18.2 Å². The normalized spacial score (nSPS) is 24.5. The molecule has 0 bridgehead atoms. The summed E-state index contributed by atoms with van der Waals surface area (Å²) < 4.78 is 0. The standard InChI is InChI=1S/C12H21N3O/c1-2-11(16)9-15-7-3-4-10(8-15)12-13-5-6-14-12/h5-6,10-11,16H,2-4,7-9H2,1H3,(H,13,14)/t10?,11-/m1/s1. The fourth-order valence-electron chi connectivity index (χ4n) is 2.37. The molecule has 4 heteroatoms. The number of aromatic amines is 1. The van der Waals surface area contributed by atoms with Crippen LogP contribution in [0.5, 0.6) is 0 Å². The molecule has 0 amide bonds. The predicted octanol–water partition coefficient (Wildman–Crippen LogP) is 1.36. The SMILES string of the molecule is CC[C@@H](O)CN1CCCC(c2ncc[nH]2)C1. The molecule has 1 unspecified atom stereocenters. The second-order valence-electron chi connectivity index (χ2n) is 4.64. The zero-order valence-corrected chi connectivity index (χ0v) is 9.89. The van der Waals surface area contributed by atoms with Crippen molar-refractivity contribution >= 4 is 0 Å². The number of β-amino-alcohol motifs (C(OH)–C–C–N with tert-alkyl or cyclic N) is 1. The number of nitrogens with one attached hydrogen (secondary N) is 1. The summed E-state index contributed by atoms with van der Waals surface area (Å²) in [6.07, 6.45) is 6.75. The first kappa shape index (κ1) is 11.6. The van der Waals surface area contributed by atoms with Crippen LogP contribution in [0, 0.1) is 0 Å². The Morgan fingerprint density at radius 1 is 1.69 bits per heavy atom. The smallest absolute Gasteiger partial charge is 0.110 e. The minimum absolute atomic E-state index is 0.185. The molecule has 1 aliphatic heterocycles.